The molecule has 0 bridgehead atoms. The van der Waals surface area contributed by atoms with Crippen LogP contribution in [0.4, 0.5) is 4.39 Å². The Morgan fingerprint density at radius 2 is 1.86 bits per heavy atom. The van der Waals surface area contributed by atoms with E-state index in [-0.39, 0.29) is 21.8 Å². The number of thiophene rings is 1. The van der Waals surface area contributed by atoms with Gasteiger partial charge in [-0.2, -0.15) is 0 Å². The van der Waals surface area contributed by atoms with Gasteiger partial charge in [-0.1, -0.05) is 6.92 Å². The van der Waals surface area contributed by atoms with Crippen molar-refractivity contribution in [3.63, 3.8) is 0 Å². The number of carbonyl (C=O) groups is 3. The van der Waals surface area contributed by atoms with Crippen molar-refractivity contribution < 1.29 is 37.7 Å². The molecule has 152 valence electrons. The standard InChI is InChI=1S/C18H20FNO7S/c1-8(16(18(23)26-4)27-7-13(20)21)15(22)12-5-9-11(28-12)6-10(24-2)17(25-3)14(9)19/h5-6,8,16H,7H2,1-4H3,(H2,20,21)/t8?,16-/m0/s1. The number of methoxy groups -OCH3 is 3. The minimum Gasteiger partial charge on any atom is -0.493 e. The highest BCUT2D eigenvalue weighted by molar-refractivity contribution is 7.20. The van der Waals surface area contributed by atoms with Gasteiger partial charge in [0.05, 0.1) is 32.1 Å². The molecule has 2 atom stereocenters. The van der Waals surface area contributed by atoms with E-state index in [0.717, 1.165) is 18.4 Å². The van der Waals surface area contributed by atoms with E-state index < -0.39 is 42.1 Å². The molecular formula is C18H20FNO7S. The molecule has 1 aromatic carbocycles. The maximum Gasteiger partial charge on any atom is 0.335 e. The third-order valence-corrected chi connectivity index (χ3v) is 5.15. The molecule has 2 N–H and O–H groups in total. The summed E-state index contributed by atoms with van der Waals surface area (Å²) in [7, 11) is 3.82. The highest BCUT2D eigenvalue weighted by atomic mass is 32.1. The first kappa shape index (κ1) is 21.6. The molecule has 8 nitrogen and oxygen atoms in total. The SMILES string of the molecule is COC(=O)[C@@H](OCC(N)=O)C(C)C(=O)c1cc2c(F)c(OC)c(OC)cc2s1. The Labute approximate surface area is 164 Å². The lowest BCUT2D eigenvalue weighted by atomic mass is 9.98. The maximum atomic E-state index is 14.7. The van der Waals surface area contributed by atoms with Gasteiger partial charge < -0.3 is 24.7 Å². The van der Waals surface area contributed by atoms with Gasteiger partial charge in [0.25, 0.3) is 0 Å². The molecule has 10 heteroatoms. The van der Waals surface area contributed by atoms with Crippen molar-refractivity contribution in [1.29, 1.82) is 0 Å². The summed E-state index contributed by atoms with van der Waals surface area (Å²) in [5.41, 5.74) is 5.03. The summed E-state index contributed by atoms with van der Waals surface area (Å²) < 4.78 is 35.1. The molecule has 0 saturated carbocycles. The van der Waals surface area contributed by atoms with Crippen LogP contribution in [0.15, 0.2) is 12.1 Å². The topological polar surface area (TPSA) is 114 Å². The minimum atomic E-state index is -1.33. The van der Waals surface area contributed by atoms with Gasteiger partial charge >= 0.3 is 5.97 Å². The number of ether oxygens (including phenoxy) is 4. The molecule has 0 aliphatic rings. The van der Waals surface area contributed by atoms with E-state index in [4.69, 9.17) is 19.9 Å². The van der Waals surface area contributed by atoms with Crippen molar-refractivity contribution in [2.24, 2.45) is 11.7 Å². The van der Waals surface area contributed by atoms with Gasteiger partial charge in [0.2, 0.25) is 5.91 Å². The molecule has 0 fully saturated rings. The van der Waals surface area contributed by atoms with Crippen molar-refractivity contribution in [1.82, 2.24) is 0 Å². The molecule has 28 heavy (non-hydrogen) atoms. The van der Waals surface area contributed by atoms with E-state index in [2.05, 4.69) is 4.74 Å². The van der Waals surface area contributed by atoms with E-state index in [9.17, 15) is 18.8 Å². The van der Waals surface area contributed by atoms with Crippen LogP contribution < -0.4 is 15.2 Å². The molecule has 0 saturated heterocycles. The Morgan fingerprint density at radius 3 is 2.39 bits per heavy atom. The minimum absolute atomic E-state index is 0.0722. The number of amides is 1. The summed E-state index contributed by atoms with van der Waals surface area (Å²) in [5.74, 6) is -3.62. The van der Waals surface area contributed by atoms with E-state index in [1.807, 2.05) is 0 Å². The van der Waals surface area contributed by atoms with E-state index in [0.29, 0.717) is 4.70 Å². The Hall–Kier alpha value is -2.72. The average Bonchev–Trinajstić information content (AvgIpc) is 3.11. The lowest BCUT2D eigenvalue weighted by Crippen LogP contribution is -2.38. The predicted octanol–water partition coefficient (Wildman–Crippen LogP) is 1.92. The number of halogens is 1. The van der Waals surface area contributed by atoms with Gasteiger partial charge in [0, 0.05) is 16.2 Å². The number of primary amides is 1. The zero-order chi connectivity index (χ0) is 21.0. The molecule has 1 unspecified atom stereocenters. The first-order valence-electron chi connectivity index (χ1n) is 8.11. The smallest absolute Gasteiger partial charge is 0.335 e. The molecule has 1 heterocycles. The van der Waals surface area contributed by atoms with Gasteiger partial charge in [0.1, 0.15) is 6.61 Å². The summed E-state index contributed by atoms with van der Waals surface area (Å²) in [5, 5.41) is 0.186. The Kier molecular flexibility index (Phi) is 6.92. The maximum absolute atomic E-state index is 14.7. The number of nitrogens with two attached hydrogens (primary N) is 1. The second kappa shape index (κ2) is 8.98. The predicted molar refractivity (Wildman–Crippen MR) is 99.3 cm³/mol. The van der Waals surface area contributed by atoms with Crippen LogP contribution in [0.1, 0.15) is 16.6 Å². The fourth-order valence-electron chi connectivity index (χ4n) is 2.63. The molecule has 0 aliphatic carbocycles. The first-order chi connectivity index (χ1) is 13.2. The number of Topliss-reactive ketones (excluding diaryl/α,β-unsaturated/α-hetero) is 1. The second-order valence-corrected chi connectivity index (χ2v) is 6.91. The number of rotatable bonds is 9. The van der Waals surface area contributed by atoms with Crippen LogP contribution in [-0.4, -0.2) is 51.7 Å². The van der Waals surface area contributed by atoms with Crippen molar-refractivity contribution in [3.05, 3.63) is 22.8 Å². The summed E-state index contributed by atoms with van der Waals surface area (Å²) >= 11 is 1.03. The third kappa shape index (κ3) is 4.23. The van der Waals surface area contributed by atoms with Crippen LogP contribution in [0, 0.1) is 11.7 Å². The molecule has 2 aromatic rings. The highest BCUT2D eigenvalue weighted by Crippen LogP contribution is 2.40. The van der Waals surface area contributed by atoms with Gasteiger partial charge in [-0.15, -0.1) is 11.3 Å². The molecule has 2 rings (SSSR count). The van der Waals surface area contributed by atoms with Crippen LogP contribution >= 0.6 is 11.3 Å². The fraction of sp³-hybridized carbons (Fsp3) is 0.389. The number of benzene rings is 1. The van der Waals surface area contributed by atoms with E-state index in [1.165, 1.54) is 27.2 Å². The number of ketones is 1. The van der Waals surface area contributed by atoms with Crippen molar-refractivity contribution in [2.75, 3.05) is 27.9 Å². The zero-order valence-corrected chi connectivity index (χ0v) is 16.6. The summed E-state index contributed by atoms with van der Waals surface area (Å²) in [6.07, 6.45) is -1.33. The van der Waals surface area contributed by atoms with Crippen molar-refractivity contribution in [2.45, 2.75) is 13.0 Å². The van der Waals surface area contributed by atoms with Crippen LogP contribution in [-0.2, 0) is 19.1 Å². The Balaban J connectivity index is 2.40. The van der Waals surface area contributed by atoms with Crippen LogP contribution in [0.25, 0.3) is 10.1 Å². The molecule has 1 amide bonds. The van der Waals surface area contributed by atoms with Gasteiger partial charge in [0.15, 0.2) is 29.2 Å². The van der Waals surface area contributed by atoms with Crippen LogP contribution in [0.5, 0.6) is 11.5 Å². The average molecular weight is 413 g/mol. The zero-order valence-electron chi connectivity index (χ0n) is 15.7. The Bertz CT molecular complexity index is 911. The van der Waals surface area contributed by atoms with Gasteiger partial charge in [-0.05, 0) is 6.07 Å². The number of carbonyl (C=O) groups excluding carboxylic acids is 3. The van der Waals surface area contributed by atoms with Gasteiger partial charge in [-0.25, -0.2) is 9.18 Å². The monoisotopic (exact) mass is 413 g/mol. The summed E-state index contributed by atoms with van der Waals surface area (Å²) in [6, 6.07) is 2.93. The largest absolute Gasteiger partial charge is 0.493 e. The van der Waals surface area contributed by atoms with Crippen molar-refractivity contribution in [3.8, 4) is 11.5 Å². The van der Waals surface area contributed by atoms with E-state index >= 15 is 0 Å². The van der Waals surface area contributed by atoms with Crippen LogP contribution in [0.3, 0.4) is 0 Å². The molecule has 0 spiro atoms. The third-order valence-electron chi connectivity index (χ3n) is 4.06. The van der Waals surface area contributed by atoms with E-state index in [1.54, 1.807) is 6.07 Å². The highest BCUT2D eigenvalue weighted by Gasteiger charge is 2.34. The van der Waals surface area contributed by atoms with Gasteiger partial charge in [-0.3, -0.25) is 9.59 Å². The fourth-order valence-corrected chi connectivity index (χ4v) is 3.75. The first-order valence-corrected chi connectivity index (χ1v) is 8.92. The normalized spacial score (nSPS) is 13.0. The Morgan fingerprint density at radius 1 is 1.18 bits per heavy atom. The molecule has 0 aliphatic heterocycles. The quantitative estimate of drug-likeness (QED) is 0.493. The molecule has 1 aromatic heterocycles. The lowest BCUT2D eigenvalue weighted by Gasteiger charge is -2.20. The van der Waals surface area contributed by atoms with Crippen molar-refractivity contribution >= 4 is 39.1 Å². The number of hydrogen-bond donors (Lipinski definition) is 1. The number of esters is 1. The summed E-state index contributed by atoms with van der Waals surface area (Å²) in [4.78, 5) is 36.0. The lowest BCUT2D eigenvalue weighted by molar-refractivity contribution is -0.157. The second-order valence-electron chi connectivity index (χ2n) is 5.82. The molecular weight excluding hydrogens is 393 g/mol. The number of fused-ring (bicyclic) bond motifs is 1. The number of hydrogen-bond acceptors (Lipinski definition) is 8. The molecule has 0 radical (unpaired) electrons. The summed E-state index contributed by atoms with van der Waals surface area (Å²) in [6.45, 7) is 0.902. The van der Waals surface area contributed by atoms with Crippen LogP contribution in [0.2, 0.25) is 0 Å².